The van der Waals surface area contributed by atoms with Crippen LogP contribution in [0, 0.1) is 20.8 Å². The number of anilines is 1. The van der Waals surface area contributed by atoms with Crippen molar-refractivity contribution in [2.24, 2.45) is 5.73 Å². The monoisotopic (exact) mass is 294 g/mol. The molecule has 0 radical (unpaired) electrons. The molecule has 4 N–H and O–H groups in total. The molecule has 0 spiro atoms. The van der Waals surface area contributed by atoms with Gasteiger partial charge in [0, 0.05) is 6.54 Å². The first-order valence-corrected chi connectivity index (χ1v) is 7.67. The third-order valence-corrected chi connectivity index (χ3v) is 4.63. The lowest BCUT2D eigenvalue weighted by Crippen LogP contribution is -2.16. The van der Waals surface area contributed by atoms with Crippen LogP contribution in [0.1, 0.15) is 22.5 Å². The minimum Gasteiger partial charge on any atom is -0.326 e. The van der Waals surface area contributed by atoms with Crippen molar-refractivity contribution >= 4 is 15.7 Å². The van der Waals surface area contributed by atoms with E-state index in [4.69, 9.17) is 5.73 Å². The van der Waals surface area contributed by atoms with Gasteiger partial charge in [-0.2, -0.15) is 5.10 Å². The minimum atomic E-state index is -3.66. The number of hydrogen-bond donors (Lipinski definition) is 3. The predicted molar refractivity (Wildman–Crippen MR) is 77.9 cm³/mol. The number of nitrogens with one attached hydrogen (secondary N) is 2. The number of aryl methyl sites for hydroxylation is 3. The summed E-state index contributed by atoms with van der Waals surface area (Å²) in [5, 5.41) is 6.73. The molecule has 0 saturated heterocycles. The van der Waals surface area contributed by atoms with Crippen molar-refractivity contribution in [3.8, 4) is 0 Å². The van der Waals surface area contributed by atoms with Crippen molar-refractivity contribution in [1.29, 1.82) is 0 Å². The Hall–Kier alpha value is -1.86. The highest BCUT2D eigenvalue weighted by atomic mass is 32.2. The van der Waals surface area contributed by atoms with Crippen LogP contribution in [0.15, 0.2) is 23.1 Å². The van der Waals surface area contributed by atoms with Crippen LogP contribution < -0.4 is 10.5 Å². The van der Waals surface area contributed by atoms with Crippen LogP contribution in [-0.2, 0) is 16.6 Å². The molecule has 1 aromatic carbocycles. The van der Waals surface area contributed by atoms with Crippen molar-refractivity contribution in [2.75, 3.05) is 4.72 Å². The minimum absolute atomic E-state index is 0.237. The van der Waals surface area contributed by atoms with E-state index in [2.05, 4.69) is 14.9 Å². The number of nitrogens with two attached hydrogens (primary N) is 1. The van der Waals surface area contributed by atoms with Crippen molar-refractivity contribution in [3.05, 3.63) is 40.7 Å². The zero-order chi connectivity index (χ0) is 14.9. The second-order valence-corrected chi connectivity index (χ2v) is 6.37. The topological polar surface area (TPSA) is 101 Å². The summed E-state index contributed by atoms with van der Waals surface area (Å²) in [5.74, 6) is 0. The molecule has 2 rings (SSSR count). The zero-order valence-corrected chi connectivity index (χ0v) is 12.5. The van der Waals surface area contributed by atoms with Crippen LogP contribution in [0.3, 0.4) is 0 Å². The highest BCUT2D eigenvalue weighted by molar-refractivity contribution is 7.92. The number of sulfonamides is 1. The highest BCUT2D eigenvalue weighted by Crippen LogP contribution is 2.23. The van der Waals surface area contributed by atoms with Crippen molar-refractivity contribution < 1.29 is 8.42 Å². The standard InChI is InChI=1S/C13H18N4O2S/c1-8-4-5-11(7-14)6-12(8)20(18,19)17-13-9(2)15-16-10(13)3/h4-6,17H,7,14H2,1-3H3,(H,15,16). The molecule has 0 saturated carbocycles. The molecule has 7 heteroatoms. The Morgan fingerprint density at radius 2 is 2.00 bits per heavy atom. The van der Waals surface area contributed by atoms with E-state index < -0.39 is 10.0 Å². The molecule has 0 fully saturated rings. The lowest BCUT2D eigenvalue weighted by Gasteiger charge is -2.11. The van der Waals surface area contributed by atoms with Gasteiger partial charge in [0.15, 0.2) is 0 Å². The Morgan fingerprint density at radius 3 is 2.55 bits per heavy atom. The molecule has 2 aromatic rings. The van der Waals surface area contributed by atoms with Gasteiger partial charge in [-0.15, -0.1) is 0 Å². The van der Waals surface area contributed by atoms with Crippen LogP contribution in [0.2, 0.25) is 0 Å². The Kier molecular flexibility index (Phi) is 3.82. The van der Waals surface area contributed by atoms with Crippen LogP contribution in [0.25, 0.3) is 0 Å². The Bertz CT molecular complexity index is 715. The second kappa shape index (κ2) is 5.26. The maximum absolute atomic E-state index is 12.5. The number of hydrogen-bond acceptors (Lipinski definition) is 4. The lowest BCUT2D eigenvalue weighted by atomic mass is 10.1. The SMILES string of the molecule is Cc1ccc(CN)cc1S(=O)(=O)Nc1c(C)n[nH]c1C. The number of benzene rings is 1. The molecular weight excluding hydrogens is 276 g/mol. The summed E-state index contributed by atoms with van der Waals surface area (Å²) < 4.78 is 27.6. The fraction of sp³-hybridized carbons (Fsp3) is 0.308. The molecule has 0 aliphatic rings. The number of nitrogens with zero attached hydrogens (tertiary/aromatic N) is 1. The molecule has 108 valence electrons. The van der Waals surface area contributed by atoms with Gasteiger partial charge in [0.25, 0.3) is 10.0 Å². The van der Waals surface area contributed by atoms with Gasteiger partial charge in [-0.25, -0.2) is 8.42 Å². The fourth-order valence-electron chi connectivity index (χ4n) is 1.95. The highest BCUT2D eigenvalue weighted by Gasteiger charge is 2.20. The molecule has 0 aliphatic carbocycles. The summed E-state index contributed by atoms with van der Waals surface area (Å²) in [7, 11) is -3.66. The largest absolute Gasteiger partial charge is 0.326 e. The van der Waals surface area contributed by atoms with Gasteiger partial charge in [-0.1, -0.05) is 12.1 Å². The second-order valence-electron chi connectivity index (χ2n) is 4.72. The third kappa shape index (κ3) is 2.68. The van der Waals surface area contributed by atoms with Gasteiger partial charge in [0.1, 0.15) is 0 Å². The summed E-state index contributed by atoms with van der Waals surface area (Å²) >= 11 is 0. The van der Waals surface area contributed by atoms with E-state index in [9.17, 15) is 8.42 Å². The molecule has 0 aliphatic heterocycles. The van der Waals surface area contributed by atoms with E-state index in [1.54, 1.807) is 32.9 Å². The summed E-state index contributed by atoms with van der Waals surface area (Å²) in [6, 6.07) is 5.18. The lowest BCUT2D eigenvalue weighted by molar-refractivity contribution is 0.600. The molecule has 0 unspecified atom stereocenters. The van der Waals surface area contributed by atoms with Gasteiger partial charge < -0.3 is 5.73 Å². The van der Waals surface area contributed by atoms with Gasteiger partial charge in [0.05, 0.1) is 22.0 Å². The molecule has 6 nitrogen and oxygen atoms in total. The fourth-order valence-corrected chi connectivity index (χ4v) is 3.43. The normalized spacial score (nSPS) is 11.6. The molecule has 1 heterocycles. The van der Waals surface area contributed by atoms with Gasteiger partial charge in [0.2, 0.25) is 0 Å². The van der Waals surface area contributed by atoms with E-state index in [1.807, 2.05) is 6.07 Å². The van der Waals surface area contributed by atoms with Crippen LogP contribution in [-0.4, -0.2) is 18.6 Å². The third-order valence-electron chi connectivity index (χ3n) is 3.14. The molecule has 20 heavy (non-hydrogen) atoms. The first kappa shape index (κ1) is 14.5. The number of H-pyrrole nitrogens is 1. The number of aromatic amines is 1. The number of rotatable bonds is 4. The van der Waals surface area contributed by atoms with Gasteiger partial charge in [-0.05, 0) is 38.0 Å². The average Bonchev–Trinajstić information content (AvgIpc) is 2.70. The average molecular weight is 294 g/mol. The molecule has 0 bridgehead atoms. The van der Waals surface area contributed by atoms with Crippen LogP contribution >= 0.6 is 0 Å². The van der Waals surface area contributed by atoms with Crippen molar-refractivity contribution in [1.82, 2.24) is 10.2 Å². The smallest absolute Gasteiger partial charge is 0.262 e. The van der Waals surface area contributed by atoms with Gasteiger partial charge in [-0.3, -0.25) is 9.82 Å². The van der Waals surface area contributed by atoms with Gasteiger partial charge >= 0.3 is 0 Å². The van der Waals surface area contributed by atoms with Crippen LogP contribution in [0.4, 0.5) is 5.69 Å². The maximum atomic E-state index is 12.5. The summed E-state index contributed by atoms with van der Waals surface area (Å²) in [4.78, 5) is 0.237. The Morgan fingerprint density at radius 1 is 1.30 bits per heavy atom. The van der Waals surface area contributed by atoms with E-state index in [-0.39, 0.29) is 4.90 Å². The van der Waals surface area contributed by atoms with Crippen molar-refractivity contribution in [3.63, 3.8) is 0 Å². The molecule has 0 amide bonds. The quantitative estimate of drug-likeness (QED) is 0.797. The molecule has 0 atom stereocenters. The predicted octanol–water partition coefficient (Wildman–Crippen LogP) is 1.59. The first-order valence-electron chi connectivity index (χ1n) is 6.19. The Balaban J connectivity index is 2.46. The summed E-state index contributed by atoms with van der Waals surface area (Å²) in [5.41, 5.74) is 8.79. The molecule has 1 aromatic heterocycles. The molecular formula is C13H18N4O2S. The van der Waals surface area contributed by atoms with E-state index in [1.165, 1.54) is 0 Å². The first-order chi connectivity index (χ1) is 9.35. The summed E-state index contributed by atoms with van der Waals surface area (Å²) in [6.45, 7) is 5.56. The van der Waals surface area contributed by atoms with E-state index >= 15 is 0 Å². The Labute approximate surface area is 118 Å². The zero-order valence-electron chi connectivity index (χ0n) is 11.7. The van der Waals surface area contributed by atoms with E-state index in [0.29, 0.717) is 29.2 Å². The summed E-state index contributed by atoms with van der Waals surface area (Å²) in [6.07, 6.45) is 0. The maximum Gasteiger partial charge on any atom is 0.262 e. The number of aromatic nitrogens is 2. The van der Waals surface area contributed by atoms with E-state index in [0.717, 1.165) is 5.56 Å². The van der Waals surface area contributed by atoms with Crippen molar-refractivity contribution in [2.45, 2.75) is 32.2 Å². The van der Waals surface area contributed by atoms with Crippen LogP contribution in [0.5, 0.6) is 0 Å².